The number of rotatable bonds is 7. The summed E-state index contributed by atoms with van der Waals surface area (Å²) in [6.07, 6.45) is 0.0586. The van der Waals surface area contributed by atoms with Gasteiger partial charge in [0.1, 0.15) is 0 Å². The second-order valence-electron chi connectivity index (χ2n) is 5.46. The Morgan fingerprint density at radius 3 is 2.32 bits per heavy atom. The van der Waals surface area contributed by atoms with Gasteiger partial charge in [-0.2, -0.15) is 0 Å². The molecule has 0 saturated carbocycles. The van der Waals surface area contributed by atoms with Crippen LogP contribution in [0, 0.1) is 6.92 Å². The molecule has 0 fully saturated rings. The normalized spacial score (nSPS) is 11.3. The number of aryl methyl sites for hydroxylation is 1. The van der Waals surface area contributed by atoms with Gasteiger partial charge in [-0.1, -0.05) is 23.2 Å². The van der Waals surface area contributed by atoms with Gasteiger partial charge in [0.15, 0.2) is 0 Å². The van der Waals surface area contributed by atoms with Gasteiger partial charge in [-0.25, -0.2) is 8.42 Å². The maximum atomic E-state index is 13.0. The SMILES string of the molecule is Cc1cc(N(CCCC(=O)O)S(=O)(=O)c2ccc(Cl)cc2)ccc1Cl. The highest BCUT2D eigenvalue weighted by Gasteiger charge is 2.25. The molecule has 0 unspecified atom stereocenters. The van der Waals surface area contributed by atoms with Gasteiger partial charge in [0.25, 0.3) is 10.0 Å². The highest BCUT2D eigenvalue weighted by atomic mass is 35.5. The highest BCUT2D eigenvalue weighted by Crippen LogP contribution is 2.28. The number of hydrogen-bond donors (Lipinski definition) is 1. The number of carboxylic acid groups (broad SMARTS) is 1. The molecule has 0 atom stereocenters. The second kappa shape index (κ2) is 8.08. The van der Waals surface area contributed by atoms with Crippen molar-refractivity contribution in [2.45, 2.75) is 24.7 Å². The van der Waals surface area contributed by atoms with E-state index in [0.717, 1.165) is 5.56 Å². The van der Waals surface area contributed by atoms with E-state index in [9.17, 15) is 13.2 Å². The first kappa shape index (κ1) is 19.6. The Kier molecular flexibility index (Phi) is 6.32. The number of sulfonamides is 1. The van der Waals surface area contributed by atoms with Crippen LogP contribution in [0.25, 0.3) is 0 Å². The Labute approximate surface area is 156 Å². The van der Waals surface area contributed by atoms with Crippen LogP contribution in [0.3, 0.4) is 0 Å². The molecule has 5 nitrogen and oxygen atoms in total. The predicted octanol–water partition coefficient (Wildman–Crippen LogP) is 4.36. The molecule has 0 spiro atoms. The molecule has 25 heavy (non-hydrogen) atoms. The van der Waals surface area contributed by atoms with Crippen LogP contribution in [0.4, 0.5) is 5.69 Å². The Morgan fingerprint density at radius 2 is 1.76 bits per heavy atom. The molecule has 0 aliphatic carbocycles. The molecule has 0 bridgehead atoms. The van der Waals surface area contributed by atoms with Crippen LogP contribution in [0.15, 0.2) is 47.4 Å². The van der Waals surface area contributed by atoms with E-state index >= 15 is 0 Å². The number of aliphatic carboxylic acids is 1. The molecule has 2 rings (SSSR count). The zero-order valence-corrected chi connectivity index (χ0v) is 15.8. The lowest BCUT2D eigenvalue weighted by Gasteiger charge is -2.25. The lowest BCUT2D eigenvalue weighted by molar-refractivity contribution is -0.137. The van der Waals surface area contributed by atoms with Crippen LogP contribution in [-0.4, -0.2) is 26.0 Å². The molecule has 0 saturated heterocycles. The lowest BCUT2D eigenvalue weighted by Crippen LogP contribution is -2.32. The monoisotopic (exact) mass is 401 g/mol. The van der Waals surface area contributed by atoms with E-state index in [1.54, 1.807) is 25.1 Å². The number of nitrogens with zero attached hydrogens (tertiary/aromatic N) is 1. The van der Waals surface area contributed by atoms with E-state index in [1.165, 1.54) is 28.6 Å². The Hall–Kier alpha value is -1.76. The van der Waals surface area contributed by atoms with Crippen molar-refractivity contribution in [2.24, 2.45) is 0 Å². The summed E-state index contributed by atoms with van der Waals surface area (Å²) in [7, 11) is -3.86. The first-order valence-corrected chi connectivity index (χ1v) is 9.67. The molecular weight excluding hydrogens is 385 g/mol. The minimum absolute atomic E-state index is 0.0400. The molecule has 0 aliphatic heterocycles. The van der Waals surface area contributed by atoms with Crippen molar-refractivity contribution in [2.75, 3.05) is 10.8 Å². The van der Waals surface area contributed by atoms with Crippen LogP contribution >= 0.6 is 23.2 Å². The number of anilines is 1. The van der Waals surface area contributed by atoms with E-state index in [0.29, 0.717) is 15.7 Å². The van der Waals surface area contributed by atoms with E-state index in [4.69, 9.17) is 28.3 Å². The molecule has 1 N–H and O–H groups in total. The van der Waals surface area contributed by atoms with Crippen molar-refractivity contribution in [1.29, 1.82) is 0 Å². The van der Waals surface area contributed by atoms with Gasteiger partial charge in [0.2, 0.25) is 0 Å². The lowest BCUT2D eigenvalue weighted by atomic mass is 10.2. The summed E-state index contributed by atoms with van der Waals surface area (Å²) in [6, 6.07) is 10.7. The number of carbonyl (C=O) groups is 1. The average Bonchev–Trinajstić information content (AvgIpc) is 2.54. The molecular formula is C17H17Cl2NO4S. The smallest absolute Gasteiger partial charge is 0.303 e. The number of benzene rings is 2. The third kappa shape index (κ3) is 4.87. The quantitative estimate of drug-likeness (QED) is 0.747. The third-order valence-electron chi connectivity index (χ3n) is 3.58. The van der Waals surface area contributed by atoms with Crippen LogP contribution < -0.4 is 4.31 Å². The fourth-order valence-corrected chi connectivity index (χ4v) is 4.02. The zero-order chi connectivity index (χ0) is 18.6. The van der Waals surface area contributed by atoms with Crippen LogP contribution in [-0.2, 0) is 14.8 Å². The number of carboxylic acids is 1. The van der Waals surface area contributed by atoms with Crippen LogP contribution in [0.1, 0.15) is 18.4 Å². The molecule has 134 valence electrons. The van der Waals surface area contributed by atoms with Crippen LogP contribution in [0.2, 0.25) is 10.0 Å². The first-order chi connectivity index (χ1) is 11.7. The molecule has 0 aliphatic rings. The number of halogens is 2. The van der Waals surface area contributed by atoms with Crippen molar-refractivity contribution in [3.63, 3.8) is 0 Å². The fourth-order valence-electron chi connectivity index (χ4n) is 2.28. The maximum Gasteiger partial charge on any atom is 0.303 e. The van der Waals surface area contributed by atoms with Crippen molar-refractivity contribution in [3.8, 4) is 0 Å². The standard InChI is InChI=1S/C17H17Cl2NO4S/c1-12-11-14(6-9-16(12)19)20(10-2-3-17(21)22)25(23,24)15-7-4-13(18)5-8-15/h4-9,11H,2-3,10H2,1H3,(H,21,22). The third-order valence-corrected chi connectivity index (χ3v) is 6.10. The minimum Gasteiger partial charge on any atom is -0.481 e. The van der Waals surface area contributed by atoms with E-state index in [2.05, 4.69) is 0 Å². The van der Waals surface area contributed by atoms with Crippen molar-refractivity contribution >= 4 is 44.9 Å². The second-order valence-corrected chi connectivity index (χ2v) is 8.17. The molecule has 2 aromatic carbocycles. The zero-order valence-electron chi connectivity index (χ0n) is 13.4. The topological polar surface area (TPSA) is 74.7 Å². The number of hydrogen-bond acceptors (Lipinski definition) is 3. The van der Waals surface area contributed by atoms with Gasteiger partial charge < -0.3 is 5.11 Å². The summed E-state index contributed by atoms with van der Waals surface area (Å²) in [5, 5.41) is 9.78. The van der Waals surface area contributed by atoms with Crippen molar-refractivity contribution in [1.82, 2.24) is 0 Å². The van der Waals surface area contributed by atoms with Crippen LogP contribution in [0.5, 0.6) is 0 Å². The van der Waals surface area contributed by atoms with Gasteiger partial charge >= 0.3 is 5.97 Å². The molecule has 8 heteroatoms. The summed E-state index contributed by atoms with van der Waals surface area (Å²) in [4.78, 5) is 10.9. The Morgan fingerprint density at radius 1 is 1.12 bits per heavy atom. The first-order valence-electron chi connectivity index (χ1n) is 7.48. The summed E-state index contributed by atoms with van der Waals surface area (Å²) < 4.78 is 27.2. The molecule has 0 aromatic heterocycles. The van der Waals surface area contributed by atoms with Gasteiger partial charge in [-0.15, -0.1) is 0 Å². The minimum atomic E-state index is -3.86. The van der Waals surface area contributed by atoms with E-state index in [1.807, 2.05) is 0 Å². The summed E-state index contributed by atoms with van der Waals surface area (Å²) in [6.45, 7) is 1.81. The maximum absolute atomic E-state index is 13.0. The van der Waals surface area contributed by atoms with Gasteiger partial charge in [0.05, 0.1) is 10.6 Å². The Balaban J connectivity index is 2.43. The average molecular weight is 402 g/mol. The highest BCUT2D eigenvalue weighted by molar-refractivity contribution is 7.92. The summed E-state index contributed by atoms with van der Waals surface area (Å²) in [5.74, 6) is -0.976. The van der Waals surface area contributed by atoms with Gasteiger partial charge in [0, 0.05) is 23.0 Å². The predicted molar refractivity (Wildman–Crippen MR) is 99.0 cm³/mol. The largest absolute Gasteiger partial charge is 0.481 e. The van der Waals surface area contributed by atoms with Gasteiger partial charge in [-0.05, 0) is 61.4 Å². The Bertz CT molecular complexity index is 867. The summed E-state index contributed by atoms with van der Waals surface area (Å²) in [5.41, 5.74) is 1.16. The summed E-state index contributed by atoms with van der Waals surface area (Å²) >= 11 is 11.8. The van der Waals surface area contributed by atoms with Crippen molar-refractivity contribution in [3.05, 3.63) is 58.1 Å². The fraction of sp³-hybridized carbons (Fsp3) is 0.235. The molecule has 2 aromatic rings. The molecule has 0 radical (unpaired) electrons. The molecule has 0 heterocycles. The van der Waals surface area contributed by atoms with E-state index < -0.39 is 16.0 Å². The van der Waals surface area contributed by atoms with Gasteiger partial charge in [-0.3, -0.25) is 9.10 Å². The van der Waals surface area contributed by atoms with E-state index in [-0.39, 0.29) is 24.3 Å². The molecule has 0 amide bonds. The van der Waals surface area contributed by atoms with Crippen molar-refractivity contribution < 1.29 is 18.3 Å².